The summed E-state index contributed by atoms with van der Waals surface area (Å²) < 4.78 is 1.85. The lowest BCUT2D eigenvalue weighted by Gasteiger charge is -2.08. The summed E-state index contributed by atoms with van der Waals surface area (Å²) in [6.45, 7) is 10.8. The smallest absolute Gasteiger partial charge is 0.251 e. The van der Waals surface area contributed by atoms with Gasteiger partial charge in [-0.3, -0.25) is 9.48 Å². The van der Waals surface area contributed by atoms with Gasteiger partial charge in [-0.2, -0.15) is 5.10 Å². The summed E-state index contributed by atoms with van der Waals surface area (Å²) in [4.78, 5) is 20.2. The lowest BCUT2D eigenvalue weighted by Crippen LogP contribution is -2.27. The number of amides is 1. The lowest BCUT2D eigenvalue weighted by molar-refractivity contribution is 0.0949. The van der Waals surface area contributed by atoms with Crippen molar-refractivity contribution in [1.29, 1.82) is 0 Å². The van der Waals surface area contributed by atoms with Gasteiger partial charge in [0.05, 0.1) is 23.7 Å². The van der Waals surface area contributed by atoms with Crippen LogP contribution >= 0.6 is 0 Å². The molecule has 1 aromatic carbocycles. The standard InChI is InChI=1S/C22H29N5O2/c1-6-18(25-16-11-24-27(12-16)14(4)5)20-17-9-15(21(28)23-10-13(2)3)7-8-19(17)26-22(20)29/h7-9,11-14,26,29H,6,10H2,1-5H3,(H,23,28). The van der Waals surface area contributed by atoms with Crippen molar-refractivity contribution < 1.29 is 9.90 Å². The molecule has 7 nitrogen and oxygen atoms in total. The van der Waals surface area contributed by atoms with Crippen LogP contribution in [0.25, 0.3) is 10.9 Å². The molecule has 3 N–H and O–H groups in total. The predicted molar refractivity (Wildman–Crippen MR) is 116 cm³/mol. The van der Waals surface area contributed by atoms with Gasteiger partial charge in [0.25, 0.3) is 5.91 Å². The highest BCUT2D eigenvalue weighted by Crippen LogP contribution is 2.31. The fraction of sp³-hybridized carbons (Fsp3) is 0.409. The van der Waals surface area contributed by atoms with E-state index >= 15 is 0 Å². The highest BCUT2D eigenvalue weighted by Gasteiger charge is 2.18. The van der Waals surface area contributed by atoms with E-state index in [1.807, 2.05) is 23.9 Å². The van der Waals surface area contributed by atoms with Gasteiger partial charge in [0.2, 0.25) is 0 Å². The zero-order chi connectivity index (χ0) is 21.1. The lowest BCUT2D eigenvalue weighted by atomic mass is 10.0. The Labute approximate surface area is 170 Å². The van der Waals surface area contributed by atoms with Crippen LogP contribution in [0.4, 0.5) is 5.69 Å². The molecule has 0 aliphatic heterocycles. The molecule has 0 aliphatic rings. The van der Waals surface area contributed by atoms with Gasteiger partial charge in [0.15, 0.2) is 5.88 Å². The van der Waals surface area contributed by atoms with Crippen LogP contribution in [0.3, 0.4) is 0 Å². The third-order valence-corrected chi connectivity index (χ3v) is 4.72. The molecule has 0 bridgehead atoms. The number of aromatic hydroxyl groups is 1. The number of aromatic amines is 1. The van der Waals surface area contributed by atoms with Gasteiger partial charge in [0, 0.05) is 29.1 Å². The first-order chi connectivity index (χ1) is 13.8. The predicted octanol–water partition coefficient (Wildman–Crippen LogP) is 4.57. The Balaban J connectivity index is 2.02. The first kappa shape index (κ1) is 20.6. The summed E-state index contributed by atoms with van der Waals surface area (Å²) >= 11 is 0. The first-order valence-corrected chi connectivity index (χ1v) is 10.0. The zero-order valence-electron chi connectivity index (χ0n) is 17.7. The van der Waals surface area contributed by atoms with Crippen molar-refractivity contribution in [3.63, 3.8) is 0 Å². The van der Waals surface area contributed by atoms with Crippen molar-refractivity contribution in [2.24, 2.45) is 10.9 Å². The number of H-pyrrole nitrogens is 1. The van der Waals surface area contributed by atoms with Gasteiger partial charge in [0.1, 0.15) is 5.69 Å². The molecule has 1 amide bonds. The maximum absolute atomic E-state index is 12.5. The van der Waals surface area contributed by atoms with Gasteiger partial charge >= 0.3 is 0 Å². The summed E-state index contributed by atoms with van der Waals surface area (Å²) in [7, 11) is 0. The van der Waals surface area contributed by atoms with Crippen LogP contribution in [0.15, 0.2) is 35.6 Å². The second-order valence-corrected chi connectivity index (χ2v) is 7.90. The number of aliphatic imine (C=N–C) groups is 1. The van der Waals surface area contributed by atoms with Gasteiger partial charge in [-0.1, -0.05) is 20.8 Å². The maximum Gasteiger partial charge on any atom is 0.251 e. The minimum atomic E-state index is -0.125. The third kappa shape index (κ3) is 4.50. The topological polar surface area (TPSA) is 95.3 Å². The van der Waals surface area contributed by atoms with E-state index < -0.39 is 0 Å². The Bertz CT molecular complexity index is 1040. The Hall–Kier alpha value is -3.09. The highest BCUT2D eigenvalue weighted by atomic mass is 16.3. The monoisotopic (exact) mass is 395 g/mol. The summed E-state index contributed by atoms with van der Waals surface area (Å²) in [5.74, 6) is 0.303. The molecular weight excluding hydrogens is 366 g/mol. The Kier molecular flexibility index (Phi) is 6.06. The molecule has 0 unspecified atom stereocenters. The van der Waals surface area contributed by atoms with Gasteiger partial charge < -0.3 is 15.4 Å². The van der Waals surface area contributed by atoms with Crippen molar-refractivity contribution in [3.05, 3.63) is 41.7 Å². The molecule has 0 aliphatic carbocycles. The molecule has 0 fully saturated rings. The van der Waals surface area contributed by atoms with Crippen LogP contribution in [0.5, 0.6) is 5.88 Å². The number of carbonyl (C=O) groups is 1. The number of aromatic nitrogens is 3. The normalized spacial score (nSPS) is 12.3. The number of hydrogen-bond donors (Lipinski definition) is 3. The van der Waals surface area contributed by atoms with Crippen LogP contribution in [0.2, 0.25) is 0 Å². The average molecular weight is 396 g/mol. The van der Waals surface area contributed by atoms with E-state index in [0.29, 0.717) is 30.0 Å². The second kappa shape index (κ2) is 8.51. The van der Waals surface area contributed by atoms with E-state index in [-0.39, 0.29) is 17.8 Å². The Morgan fingerprint density at radius 2 is 2.07 bits per heavy atom. The van der Waals surface area contributed by atoms with Gasteiger partial charge in [-0.25, -0.2) is 4.99 Å². The maximum atomic E-state index is 12.5. The largest absolute Gasteiger partial charge is 0.494 e. The third-order valence-electron chi connectivity index (χ3n) is 4.72. The minimum absolute atomic E-state index is 0.0524. The molecule has 3 rings (SSSR count). The molecule has 2 heterocycles. The van der Waals surface area contributed by atoms with Gasteiger partial charge in [-0.05, 0) is 44.4 Å². The molecule has 0 saturated carbocycles. The van der Waals surface area contributed by atoms with Crippen molar-refractivity contribution in [3.8, 4) is 5.88 Å². The van der Waals surface area contributed by atoms with Crippen molar-refractivity contribution >= 4 is 28.2 Å². The van der Waals surface area contributed by atoms with Gasteiger partial charge in [-0.15, -0.1) is 0 Å². The summed E-state index contributed by atoms with van der Waals surface area (Å²) in [6.07, 6.45) is 4.22. The summed E-state index contributed by atoms with van der Waals surface area (Å²) in [6, 6.07) is 5.62. The molecule has 0 saturated heterocycles. The Morgan fingerprint density at radius 3 is 2.69 bits per heavy atom. The van der Waals surface area contributed by atoms with Crippen LogP contribution in [0, 0.1) is 5.92 Å². The number of carbonyl (C=O) groups excluding carboxylic acids is 1. The highest BCUT2D eigenvalue weighted by molar-refractivity contribution is 6.14. The molecule has 154 valence electrons. The quantitative estimate of drug-likeness (QED) is 0.512. The summed E-state index contributed by atoms with van der Waals surface area (Å²) in [5, 5.41) is 18.6. The van der Waals surface area contributed by atoms with Crippen molar-refractivity contribution in [1.82, 2.24) is 20.1 Å². The molecule has 29 heavy (non-hydrogen) atoms. The number of nitrogens with one attached hydrogen (secondary N) is 2. The second-order valence-electron chi connectivity index (χ2n) is 7.90. The molecule has 2 aromatic heterocycles. The van der Waals surface area contributed by atoms with E-state index in [2.05, 4.69) is 43.1 Å². The molecule has 7 heteroatoms. The Morgan fingerprint density at radius 1 is 1.31 bits per heavy atom. The van der Waals surface area contributed by atoms with Crippen LogP contribution in [-0.4, -0.2) is 38.0 Å². The fourth-order valence-electron chi connectivity index (χ4n) is 3.15. The molecule has 0 radical (unpaired) electrons. The minimum Gasteiger partial charge on any atom is -0.494 e. The summed E-state index contributed by atoms with van der Waals surface area (Å²) in [5.41, 5.74) is 3.41. The average Bonchev–Trinajstić information content (AvgIpc) is 3.27. The van der Waals surface area contributed by atoms with Crippen LogP contribution in [0.1, 0.15) is 63.0 Å². The first-order valence-electron chi connectivity index (χ1n) is 10.0. The van der Waals surface area contributed by atoms with Crippen LogP contribution < -0.4 is 5.32 Å². The molecule has 0 spiro atoms. The van der Waals surface area contributed by atoms with Crippen molar-refractivity contribution in [2.45, 2.75) is 47.1 Å². The van der Waals surface area contributed by atoms with E-state index in [1.54, 1.807) is 18.3 Å². The molecular formula is C22H29N5O2. The number of fused-ring (bicyclic) bond motifs is 1. The zero-order valence-corrected chi connectivity index (χ0v) is 17.7. The molecule has 0 atom stereocenters. The number of rotatable bonds is 7. The van der Waals surface area contributed by atoms with E-state index in [1.165, 1.54) is 0 Å². The fourth-order valence-corrected chi connectivity index (χ4v) is 3.15. The number of benzene rings is 1. The van der Waals surface area contributed by atoms with E-state index in [4.69, 9.17) is 4.99 Å². The van der Waals surface area contributed by atoms with Crippen molar-refractivity contribution in [2.75, 3.05) is 6.54 Å². The van der Waals surface area contributed by atoms with E-state index in [0.717, 1.165) is 22.3 Å². The number of nitrogens with zero attached hydrogens (tertiary/aromatic N) is 3. The SMILES string of the molecule is CCC(=Nc1cnn(C(C)C)c1)c1c(O)[nH]c2ccc(C(=O)NCC(C)C)cc12. The van der Waals surface area contributed by atoms with Crippen LogP contribution in [-0.2, 0) is 0 Å². The number of hydrogen-bond acceptors (Lipinski definition) is 4. The molecule has 3 aromatic rings. The van der Waals surface area contributed by atoms with E-state index in [9.17, 15) is 9.90 Å².